The van der Waals surface area contributed by atoms with Gasteiger partial charge in [0.2, 0.25) is 5.76 Å². The van der Waals surface area contributed by atoms with E-state index < -0.39 is 34.9 Å². The Bertz CT molecular complexity index is 372. The number of furan rings is 1. The second kappa shape index (κ2) is 3.68. The third-order valence-electron chi connectivity index (χ3n) is 2.00. The van der Waals surface area contributed by atoms with Gasteiger partial charge in [0, 0.05) is 11.5 Å². The average molecular weight is 260 g/mol. The van der Waals surface area contributed by atoms with Gasteiger partial charge in [-0.1, -0.05) is 20.8 Å². The number of halogens is 6. The van der Waals surface area contributed by atoms with Crippen LogP contribution in [0.5, 0.6) is 0 Å². The van der Waals surface area contributed by atoms with Gasteiger partial charge in [0.1, 0.15) is 5.76 Å². The molecule has 0 saturated heterocycles. The van der Waals surface area contributed by atoms with Crippen molar-refractivity contribution in [1.82, 2.24) is 0 Å². The molecular weight excluding hydrogens is 250 g/mol. The summed E-state index contributed by atoms with van der Waals surface area (Å²) in [6, 6.07) is 0.000579. The first-order chi connectivity index (χ1) is 7.33. The minimum atomic E-state index is -4.93. The van der Waals surface area contributed by atoms with Crippen molar-refractivity contribution in [3.63, 3.8) is 0 Å². The lowest BCUT2D eigenvalue weighted by molar-refractivity contribution is -0.153. The highest BCUT2D eigenvalue weighted by molar-refractivity contribution is 5.30. The van der Waals surface area contributed by atoms with Gasteiger partial charge in [0.05, 0.1) is 5.56 Å². The Kier molecular flexibility index (Phi) is 3.01. The van der Waals surface area contributed by atoms with Crippen LogP contribution in [0.3, 0.4) is 0 Å². The zero-order valence-corrected chi connectivity index (χ0v) is 9.25. The Morgan fingerprint density at radius 2 is 1.35 bits per heavy atom. The van der Waals surface area contributed by atoms with E-state index >= 15 is 0 Å². The predicted octanol–water partition coefficient (Wildman–Crippen LogP) is 4.61. The smallest absolute Gasteiger partial charge is 0.449 e. The van der Waals surface area contributed by atoms with Crippen molar-refractivity contribution in [2.45, 2.75) is 38.5 Å². The first-order valence-corrected chi connectivity index (χ1v) is 4.62. The first-order valence-electron chi connectivity index (χ1n) is 4.62. The maximum absolute atomic E-state index is 12.6. The van der Waals surface area contributed by atoms with E-state index in [0.717, 1.165) is 0 Å². The normalized spacial score (nSPS) is 14.2. The molecule has 98 valence electrons. The van der Waals surface area contributed by atoms with Crippen LogP contribution in [0, 0.1) is 0 Å². The van der Waals surface area contributed by atoms with Crippen molar-refractivity contribution in [3.8, 4) is 0 Å². The molecule has 1 nitrogen and oxygen atoms in total. The van der Waals surface area contributed by atoms with Crippen molar-refractivity contribution < 1.29 is 30.8 Å². The standard InChI is InChI=1S/C10H10F6O/c1-8(2,3)7-5(9(11,12)13)4-6(17-7)10(14,15)16/h4H,1-3H3. The third kappa shape index (κ3) is 2.95. The Hall–Kier alpha value is -1.14. The Labute approximate surface area is 93.4 Å². The second-order valence-corrected chi connectivity index (χ2v) is 4.60. The quantitative estimate of drug-likeness (QED) is 0.620. The molecule has 0 radical (unpaired) electrons. The van der Waals surface area contributed by atoms with E-state index in [1.165, 1.54) is 20.8 Å². The fourth-order valence-corrected chi connectivity index (χ4v) is 1.30. The summed E-state index contributed by atoms with van der Waals surface area (Å²) in [4.78, 5) is 0. The van der Waals surface area contributed by atoms with Gasteiger partial charge in [0.15, 0.2) is 0 Å². The molecule has 0 aliphatic rings. The molecule has 0 aliphatic carbocycles. The summed E-state index contributed by atoms with van der Waals surface area (Å²) >= 11 is 0. The van der Waals surface area contributed by atoms with E-state index in [9.17, 15) is 26.3 Å². The molecule has 1 heterocycles. The summed E-state index contributed by atoms with van der Waals surface area (Å²) in [6.45, 7) is 4.05. The maximum Gasteiger partial charge on any atom is 0.449 e. The van der Waals surface area contributed by atoms with Gasteiger partial charge in [-0.25, -0.2) is 0 Å². The molecule has 0 unspecified atom stereocenters. The van der Waals surface area contributed by atoms with Crippen LogP contribution in [0.25, 0.3) is 0 Å². The summed E-state index contributed by atoms with van der Waals surface area (Å²) in [6.07, 6.45) is -9.79. The van der Waals surface area contributed by atoms with Crippen molar-refractivity contribution in [1.29, 1.82) is 0 Å². The average Bonchev–Trinajstić information content (AvgIpc) is 2.42. The van der Waals surface area contributed by atoms with Crippen LogP contribution in [0.2, 0.25) is 0 Å². The van der Waals surface area contributed by atoms with Gasteiger partial charge in [0.25, 0.3) is 0 Å². The molecule has 0 saturated carbocycles. The molecule has 0 aromatic carbocycles. The predicted molar refractivity (Wildman–Crippen MR) is 47.4 cm³/mol. The number of hydrogen-bond acceptors (Lipinski definition) is 1. The largest absolute Gasteiger partial charge is 0.455 e. The zero-order valence-electron chi connectivity index (χ0n) is 9.25. The monoisotopic (exact) mass is 260 g/mol. The van der Waals surface area contributed by atoms with E-state index in [-0.39, 0.29) is 6.07 Å². The third-order valence-corrected chi connectivity index (χ3v) is 2.00. The number of alkyl halides is 6. The van der Waals surface area contributed by atoms with E-state index in [4.69, 9.17) is 0 Å². The summed E-state index contributed by atoms with van der Waals surface area (Å²) < 4.78 is 78.9. The molecule has 1 rings (SSSR count). The first kappa shape index (κ1) is 13.9. The van der Waals surface area contributed by atoms with Crippen molar-refractivity contribution >= 4 is 0 Å². The molecule has 17 heavy (non-hydrogen) atoms. The van der Waals surface area contributed by atoms with E-state index in [0.29, 0.717) is 0 Å². The fraction of sp³-hybridized carbons (Fsp3) is 0.600. The molecule has 0 amide bonds. The number of hydrogen-bond donors (Lipinski definition) is 0. The van der Waals surface area contributed by atoms with Crippen LogP contribution < -0.4 is 0 Å². The highest BCUT2D eigenvalue weighted by Gasteiger charge is 2.45. The molecule has 0 fully saturated rings. The van der Waals surface area contributed by atoms with Crippen molar-refractivity contribution in [2.24, 2.45) is 0 Å². The molecule has 0 spiro atoms. The van der Waals surface area contributed by atoms with Crippen LogP contribution in [-0.2, 0) is 17.8 Å². The molecule has 0 aliphatic heterocycles. The molecular formula is C10H10F6O. The minimum absolute atomic E-state index is 0.000579. The highest BCUT2D eigenvalue weighted by Crippen LogP contribution is 2.43. The highest BCUT2D eigenvalue weighted by atomic mass is 19.4. The summed E-state index contributed by atoms with van der Waals surface area (Å²) in [5.41, 5.74) is -2.54. The minimum Gasteiger partial charge on any atom is -0.455 e. The molecule has 0 N–H and O–H groups in total. The van der Waals surface area contributed by atoms with Crippen LogP contribution in [0.4, 0.5) is 26.3 Å². The summed E-state index contributed by atoms with van der Waals surface area (Å²) in [5.74, 6) is -2.34. The van der Waals surface area contributed by atoms with Gasteiger partial charge < -0.3 is 4.42 Å². The lowest BCUT2D eigenvalue weighted by Gasteiger charge is -2.18. The zero-order chi connectivity index (χ0) is 13.6. The van der Waals surface area contributed by atoms with Crippen molar-refractivity contribution in [3.05, 3.63) is 23.2 Å². The van der Waals surface area contributed by atoms with Crippen LogP contribution in [0.15, 0.2) is 10.5 Å². The fourth-order valence-electron chi connectivity index (χ4n) is 1.30. The molecule has 0 atom stereocenters. The van der Waals surface area contributed by atoms with Gasteiger partial charge in [-0.3, -0.25) is 0 Å². The molecule has 0 bridgehead atoms. The van der Waals surface area contributed by atoms with E-state index in [1.807, 2.05) is 0 Å². The van der Waals surface area contributed by atoms with E-state index in [1.54, 1.807) is 0 Å². The Morgan fingerprint density at radius 3 is 1.59 bits per heavy atom. The molecule has 1 aromatic rings. The molecule has 1 aromatic heterocycles. The Balaban J connectivity index is 3.44. The van der Waals surface area contributed by atoms with Crippen LogP contribution in [0.1, 0.15) is 37.9 Å². The summed E-state index contributed by atoms with van der Waals surface area (Å²) in [5, 5.41) is 0. The second-order valence-electron chi connectivity index (χ2n) is 4.60. The topological polar surface area (TPSA) is 13.1 Å². The lowest BCUT2D eigenvalue weighted by atomic mass is 9.90. The van der Waals surface area contributed by atoms with E-state index in [2.05, 4.69) is 4.42 Å². The SMILES string of the molecule is CC(C)(C)c1oc(C(F)(F)F)cc1C(F)(F)F. The van der Waals surface area contributed by atoms with Crippen molar-refractivity contribution in [2.75, 3.05) is 0 Å². The van der Waals surface area contributed by atoms with Gasteiger partial charge >= 0.3 is 12.4 Å². The van der Waals surface area contributed by atoms with Gasteiger partial charge in [-0.15, -0.1) is 0 Å². The molecule has 7 heteroatoms. The van der Waals surface area contributed by atoms with Crippen LogP contribution >= 0.6 is 0 Å². The maximum atomic E-state index is 12.6. The van der Waals surface area contributed by atoms with Gasteiger partial charge in [-0.05, 0) is 0 Å². The number of rotatable bonds is 0. The summed E-state index contributed by atoms with van der Waals surface area (Å²) in [7, 11) is 0. The Morgan fingerprint density at radius 1 is 0.882 bits per heavy atom. The van der Waals surface area contributed by atoms with Crippen LogP contribution in [-0.4, -0.2) is 0 Å². The van der Waals surface area contributed by atoms with Gasteiger partial charge in [-0.2, -0.15) is 26.3 Å². The lowest BCUT2D eigenvalue weighted by Crippen LogP contribution is -2.17.